The van der Waals surface area contributed by atoms with E-state index in [-0.39, 0.29) is 22.5 Å². The topological polar surface area (TPSA) is 73.3 Å². The van der Waals surface area contributed by atoms with Gasteiger partial charge in [-0.2, -0.15) is 0 Å². The molecule has 1 aromatic rings. The largest absolute Gasteiger partial charge is 0.348 e. The second-order valence-corrected chi connectivity index (χ2v) is 9.65. The number of hydrogen-bond donors (Lipinski definition) is 0. The average molecular weight is 401 g/mol. The molecule has 1 saturated heterocycles. The van der Waals surface area contributed by atoms with Gasteiger partial charge in [0.25, 0.3) is 11.8 Å². The molecule has 28 heavy (non-hydrogen) atoms. The minimum Gasteiger partial charge on any atom is -0.348 e. The van der Waals surface area contributed by atoms with E-state index in [1.54, 1.807) is 47.9 Å². The number of piperazine rings is 1. The van der Waals surface area contributed by atoms with Crippen molar-refractivity contribution in [2.75, 3.05) is 32.7 Å². The molecule has 3 heterocycles. The number of aliphatic imine (C=N–C) groups is 1. The van der Waals surface area contributed by atoms with Crippen molar-refractivity contribution in [2.24, 2.45) is 4.99 Å². The lowest BCUT2D eigenvalue weighted by Crippen LogP contribution is -2.55. The van der Waals surface area contributed by atoms with Crippen molar-refractivity contribution in [3.8, 4) is 0 Å². The van der Waals surface area contributed by atoms with Crippen molar-refractivity contribution >= 4 is 34.7 Å². The lowest BCUT2D eigenvalue weighted by Gasteiger charge is -2.38. The molecule has 0 unspecified atom stereocenters. The van der Waals surface area contributed by atoms with E-state index in [2.05, 4.69) is 23.7 Å². The van der Waals surface area contributed by atoms with Crippen molar-refractivity contribution in [2.45, 2.75) is 31.6 Å². The first kappa shape index (κ1) is 19.0. The fourth-order valence-electron chi connectivity index (χ4n) is 3.79. The van der Waals surface area contributed by atoms with Gasteiger partial charge in [-0.1, -0.05) is 23.9 Å². The van der Waals surface area contributed by atoms with E-state index in [1.165, 1.54) is 0 Å². The van der Waals surface area contributed by atoms with Crippen LogP contribution >= 0.6 is 11.8 Å². The Morgan fingerprint density at radius 2 is 1.64 bits per heavy atom. The molecule has 4 rings (SSSR count). The summed E-state index contributed by atoms with van der Waals surface area (Å²) in [4.78, 5) is 47.9. The van der Waals surface area contributed by atoms with Gasteiger partial charge in [0.2, 0.25) is 5.91 Å². The summed E-state index contributed by atoms with van der Waals surface area (Å²) in [6.45, 7) is 9.35. The third kappa shape index (κ3) is 3.19. The molecule has 7 nitrogen and oxygen atoms in total. The van der Waals surface area contributed by atoms with Crippen LogP contribution in [0.4, 0.5) is 0 Å². The lowest BCUT2D eigenvalue weighted by atomic mass is 10.1. The molecule has 8 heteroatoms. The van der Waals surface area contributed by atoms with Gasteiger partial charge < -0.3 is 9.80 Å². The van der Waals surface area contributed by atoms with Crippen molar-refractivity contribution in [3.63, 3.8) is 0 Å². The molecule has 0 spiro atoms. The molecule has 0 bridgehead atoms. The van der Waals surface area contributed by atoms with Crippen LogP contribution in [0.1, 0.15) is 41.5 Å². The zero-order valence-electron chi connectivity index (χ0n) is 16.3. The zero-order valence-corrected chi connectivity index (χ0v) is 17.2. The van der Waals surface area contributed by atoms with Gasteiger partial charge in [-0.05, 0) is 32.9 Å². The van der Waals surface area contributed by atoms with Crippen LogP contribution in [0.15, 0.2) is 29.3 Å². The molecule has 0 N–H and O–H groups in total. The first-order chi connectivity index (χ1) is 13.3. The van der Waals surface area contributed by atoms with E-state index < -0.39 is 6.04 Å². The van der Waals surface area contributed by atoms with E-state index in [1.807, 2.05) is 0 Å². The van der Waals surface area contributed by atoms with E-state index in [0.717, 1.165) is 16.6 Å². The Kier molecular flexibility index (Phi) is 4.69. The molecule has 0 aromatic heterocycles. The summed E-state index contributed by atoms with van der Waals surface area (Å²) in [5.41, 5.74) is 0.742. The number of fused-ring (bicyclic) bond motifs is 1. The molecule has 3 aliphatic rings. The monoisotopic (exact) mass is 400 g/mol. The average Bonchev–Trinajstić information content (AvgIpc) is 3.18. The second-order valence-electron chi connectivity index (χ2n) is 7.97. The molecule has 3 aliphatic heterocycles. The van der Waals surface area contributed by atoms with E-state index in [9.17, 15) is 14.4 Å². The van der Waals surface area contributed by atoms with Crippen LogP contribution in [-0.2, 0) is 4.79 Å². The number of thioether (sulfide) groups is 1. The molecule has 1 fully saturated rings. The Morgan fingerprint density at radius 3 is 2.14 bits per heavy atom. The van der Waals surface area contributed by atoms with Crippen LogP contribution in [0.3, 0.4) is 0 Å². The highest BCUT2D eigenvalue weighted by Gasteiger charge is 2.42. The summed E-state index contributed by atoms with van der Waals surface area (Å²) in [5.74, 6) is -0.964. The molecular weight excluding hydrogens is 376 g/mol. The second kappa shape index (κ2) is 6.92. The predicted octanol–water partition coefficient (Wildman–Crippen LogP) is 1.70. The Hall–Kier alpha value is -2.35. The molecule has 1 atom stereocenters. The minimum atomic E-state index is -0.809. The fraction of sp³-hybridized carbons (Fsp3) is 0.500. The number of hydrogen-bond acceptors (Lipinski definition) is 6. The van der Waals surface area contributed by atoms with Crippen molar-refractivity contribution in [1.29, 1.82) is 0 Å². The molecule has 0 radical (unpaired) electrons. The van der Waals surface area contributed by atoms with Gasteiger partial charge in [-0.3, -0.25) is 24.3 Å². The zero-order chi connectivity index (χ0) is 20.1. The Balaban J connectivity index is 1.40. The molecule has 0 aliphatic carbocycles. The Labute approximate surface area is 168 Å². The van der Waals surface area contributed by atoms with Gasteiger partial charge in [-0.15, -0.1) is 0 Å². The number of amides is 3. The summed E-state index contributed by atoms with van der Waals surface area (Å²) < 4.78 is 0.127. The molecule has 1 aromatic carbocycles. The van der Waals surface area contributed by atoms with Crippen LogP contribution in [0.2, 0.25) is 0 Å². The summed E-state index contributed by atoms with van der Waals surface area (Å²) in [6.07, 6.45) is 0. The molecule has 148 valence electrons. The third-order valence-electron chi connectivity index (χ3n) is 5.39. The van der Waals surface area contributed by atoms with Gasteiger partial charge in [0.1, 0.15) is 6.04 Å². The highest BCUT2D eigenvalue weighted by atomic mass is 32.2. The predicted molar refractivity (Wildman–Crippen MR) is 109 cm³/mol. The van der Waals surface area contributed by atoms with Crippen LogP contribution in [-0.4, -0.2) is 81.1 Å². The van der Waals surface area contributed by atoms with Crippen LogP contribution in [0.5, 0.6) is 0 Å². The first-order valence-corrected chi connectivity index (χ1v) is 10.3. The fourth-order valence-corrected chi connectivity index (χ4v) is 4.85. The van der Waals surface area contributed by atoms with Crippen LogP contribution in [0, 0.1) is 0 Å². The summed E-state index contributed by atoms with van der Waals surface area (Å²) in [7, 11) is 0. The van der Waals surface area contributed by atoms with Gasteiger partial charge in [0, 0.05) is 30.9 Å². The number of carbonyl (C=O) groups excluding carboxylic acids is 3. The smallest absolute Gasteiger partial charge is 0.262 e. The van der Waals surface area contributed by atoms with Crippen LogP contribution < -0.4 is 0 Å². The number of carbonyl (C=O) groups is 3. The first-order valence-electron chi connectivity index (χ1n) is 9.52. The number of nitrogens with zero attached hydrogens (tertiary/aromatic N) is 4. The van der Waals surface area contributed by atoms with E-state index in [4.69, 9.17) is 0 Å². The molecule has 3 amide bonds. The maximum Gasteiger partial charge on any atom is 0.262 e. The highest BCUT2D eigenvalue weighted by Crippen LogP contribution is 2.33. The van der Waals surface area contributed by atoms with Gasteiger partial charge >= 0.3 is 0 Å². The lowest BCUT2D eigenvalue weighted by molar-refractivity contribution is -0.136. The molecule has 0 saturated carbocycles. The summed E-state index contributed by atoms with van der Waals surface area (Å²) in [5, 5.41) is 1.05. The summed E-state index contributed by atoms with van der Waals surface area (Å²) in [6, 6.07) is 5.91. The van der Waals surface area contributed by atoms with Gasteiger partial charge in [0.15, 0.2) is 5.17 Å². The maximum atomic E-state index is 13.0. The Bertz CT molecular complexity index is 839. The van der Waals surface area contributed by atoms with Crippen molar-refractivity contribution < 1.29 is 14.4 Å². The minimum absolute atomic E-state index is 0.127. The quantitative estimate of drug-likeness (QED) is 0.707. The van der Waals surface area contributed by atoms with E-state index in [0.29, 0.717) is 37.3 Å². The number of benzene rings is 1. The van der Waals surface area contributed by atoms with Crippen molar-refractivity contribution in [1.82, 2.24) is 14.7 Å². The number of imide groups is 1. The SMILES string of the molecule is C[C@@H](C(=O)N1CCN(C2=NCC(C)(C)S2)CC1)N1C(=O)c2ccccc2C1=O. The van der Waals surface area contributed by atoms with Gasteiger partial charge in [0.05, 0.1) is 17.7 Å². The number of rotatable bonds is 2. The number of amidine groups is 1. The van der Waals surface area contributed by atoms with Gasteiger partial charge in [-0.25, -0.2) is 0 Å². The molecular formula is C20H24N4O3S. The Morgan fingerprint density at radius 1 is 1.07 bits per heavy atom. The highest BCUT2D eigenvalue weighted by molar-refractivity contribution is 8.15. The van der Waals surface area contributed by atoms with Crippen molar-refractivity contribution in [3.05, 3.63) is 35.4 Å². The normalized spacial score (nSPS) is 22.4. The third-order valence-corrected chi connectivity index (χ3v) is 6.65. The van der Waals surface area contributed by atoms with Crippen LogP contribution in [0.25, 0.3) is 0 Å². The standard InChI is InChI=1S/C20H24N4O3S/c1-13(24-17(26)14-6-4-5-7-15(14)18(24)27)16(25)22-8-10-23(11-9-22)19-21-12-20(2,3)28-19/h4-7,13H,8-12H2,1-3H3/t13-/m0/s1. The summed E-state index contributed by atoms with van der Waals surface area (Å²) >= 11 is 1.78. The maximum absolute atomic E-state index is 13.0. The van der Waals surface area contributed by atoms with E-state index >= 15 is 0 Å².